The average Bonchev–Trinajstić information content (AvgIpc) is 2.19. The van der Waals surface area contributed by atoms with E-state index in [1.54, 1.807) is 0 Å². The maximum atomic E-state index is 11.0. The van der Waals surface area contributed by atoms with Crippen molar-refractivity contribution in [2.24, 2.45) is 0 Å². The Kier molecular flexibility index (Phi) is 3.91. The molecule has 0 spiro atoms. The molecule has 0 aliphatic heterocycles. The minimum absolute atomic E-state index is 0.140. The summed E-state index contributed by atoms with van der Waals surface area (Å²) in [7, 11) is -2.28. The molecule has 1 aromatic rings. The summed E-state index contributed by atoms with van der Waals surface area (Å²) in [5.74, 6) is 5.38. The Balaban J connectivity index is 2.62. The molecule has 0 saturated carbocycles. The molecule has 4 heteroatoms. The molecule has 0 bridgehead atoms. The van der Waals surface area contributed by atoms with Crippen LogP contribution in [0.1, 0.15) is 5.56 Å². The van der Waals surface area contributed by atoms with Gasteiger partial charge < -0.3 is 9.42 Å². The van der Waals surface area contributed by atoms with Gasteiger partial charge in [0, 0.05) is 12.7 Å². The van der Waals surface area contributed by atoms with Crippen LogP contribution in [-0.2, 0) is 9.09 Å². The molecule has 0 amide bonds. The second-order valence-corrected chi connectivity index (χ2v) is 4.60. The molecule has 0 aliphatic rings. The summed E-state index contributed by atoms with van der Waals surface area (Å²) in [4.78, 5) is 9.03. The molecule has 1 rings (SSSR count). The van der Waals surface area contributed by atoms with Gasteiger partial charge in [-0.1, -0.05) is 30.0 Å². The Morgan fingerprint density at radius 2 is 2.07 bits per heavy atom. The molecule has 0 saturated heterocycles. The number of rotatable bonds is 2. The average molecular weight is 210 g/mol. The van der Waals surface area contributed by atoms with Crippen molar-refractivity contribution in [2.45, 2.75) is 0 Å². The summed E-state index contributed by atoms with van der Waals surface area (Å²) in [6.45, 7) is 0. The Labute approximate surface area is 83.3 Å². The normalized spacial score (nSPS) is 13.9. The van der Waals surface area contributed by atoms with Crippen molar-refractivity contribution < 1.29 is 14.0 Å². The monoisotopic (exact) mass is 210 g/mol. The van der Waals surface area contributed by atoms with Crippen LogP contribution in [0.3, 0.4) is 0 Å². The summed E-state index contributed by atoms with van der Waals surface area (Å²) in [6, 6.07) is 9.28. The van der Waals surface area contributed by atoms with Crippen LogP contribution in [-0.4, -0.2) is 18.2 Å². The molecule has 74 valence electrons. The first kappa shape index (κ1) is 11.0. The fraction of sp³-hybridized carbons (Fsp3) is 0.200. The van der Waals surface area contributed by atoms with E-state index in [1.807, 2.05) is 30.3 Å². The van der Waals surface area contributed by atoms with Crippen LogP contribution in [0.25, 0.3) is 0 Å². The summed E-state index contributed by atoms with van der Waals surface area (Å²) in [5.41, 5.74) is 0.823. The van der Waals surface area contributed by atoms with Crippen molar-refractivity contribution >= 4 is 7.60 Å². The molecule has 1 unspecified atom stereocenters. The highest BCUT2D eigenvalue weighted by Gasteiger charge is 2.13. The van der Waals surface area contributed by atoms with Crippen molar-refractivity contribution in [1.82, 2.24) is 0 Å². The first-order valence-electron chi connectivity index (χ1n) is 4.05. The van der Waals surface area contributed by atoms with Gasteiger partial charge in [-0.25, -0.2) is 0 Å². The lowest BCUT2D eigenvalue weighted by molar-refractivity contribution is 0.319. The van der Waals surface area contributed by atoms with E-state index in [4.69, 9.17) is 4.89 Å². The van der Waals surface area contributed by atoms with E-state index in [1.165, 1.54) is 7.11 Å². The van der Waals surface area contributed by atoms with Gasteiger partial charge >= 0.3 is 7.60 Å². The first-order valence-corrected chi connectivity index (χ1v) is 5.82. The van der Waals surface area contributed by atoms with Gasteiger partial charge in [0.25, 0.3) is 0 Å². The quantitative estimate of drug-likeness (QED) is 0.598. The molecule has 1 N–H and O–H groups in total. The zero-order valence-electron chi connectivity index (χ0n) is 7.80. The van der Waals surface area contributed by atoms with Gasteiger partial charge in [0.05, 0.1) is 0 Å². The molecule has 0 aliphatic carbocycles. The lowest BCUT2D eigenvalue weighted by Gasteiger charge is -2.02. The molecule has 1 aromatic carbocycles. The third-order valence-corrected chi connectivity index (χ3v) is 2.70. The lowest BCUT2D eigenvalue weighted by atomic mass is 10.2. The second kappa shape index (κ2) is 4.97. The zero-order chi connectivity index (χ0) is 10.4. The van der Waals surface area contributed by atoms with Crippen molar-refractivity contribution in [2.75, 3.05) is 13.3 Å². The minimum atomic E-state index is -3.48. The zero-order valence-corrected chi connectivity index (χ0v) is 8.70. The van der Waals surface area contributed by atoms with E-state index >= 15 is 0 Å². The standard InChI is InChI=1S/C10H11O3P/c1-13-14(11,12)9-5-8-10-6-3-2-4-7-10/h2-4,6-7H,9H2,1H3,(H,11,12). The molecule has 0 heterocycles. The number of benzene rings is 1. The minimum Gasteiger partial charge on any atom is -0.324 e. The number of hydrogen-bond donors (Lipinski definition) is 1. The van der Waals surface area contributed by atoms with Gasteiger partial charge in [-0.3, -0.25) is 4.57 Å². The van der Waals surface area contributed by atoms with E-state index in [2.05, 4.69) is 16.4 Å². The molecule has 3 nitrogen and oxygen atoms in total. The Morgan fingerprint density at radius 3 is 2.64 bits per heavy atom. The SMILES string of the molecule is COP(=O)(O)CC#Cc1ccccc1. The maximum absolute atomic E-state index is 11.0. The molecule has 1 atom stereocenters. The fourth-order valence-electron chi connectivity index (χ4n) is 0.828. The van der Waals surface area contributed by atoms with Gasteiger partial charge in [-0.05, 0) is 12.1 Å². The van der Waals surface area contributed by atoms with E-state index < -0.39 is 7.60 Å². The van der Waals surface area contributed by atoms with Crippen molar-refractivity contribution in [1.29, 1.82) is 0 Å². The van der Waals surface area contributed by atoms with E-state index in [0.717, 1.165) is 5.56 Å². The predicted octanol–water partition coefficient (Wildman–Crippen LogP) is 1.87. The van der Waals surface area contributed by atoms with Crippen molar-refractivity contribution in [3.63, 3.8) is 0 Å². The largest absolute Gasteiger partial charge is 0.339 e. The van der Waals surface area contributed by atoms with Crippen molar-refractivity contribution in [3.05, 3.63) is 35.9 Å². The third kappa shape index (κ3) is 3.76. The van der Waals surface area contributed by atoms with Crippen molar-refractivity contribution in [3.8, 4) is 11.8 Å². The van der Waals surface area contributed by atoms with Crippen LogP contribution in [0.15, 0.2) is 30.3 Å². The predicted molar refractivity (Wildman–Crippen MR) is 55.0 cm³/mol. The van der Waals surface area contributed by atoms with Gasteiger partial charge in [0.15, 0.2) is 0 Å². The van der Waals surface area contributed by atoms with Crippen LogP contribution in [0, 0.1) is 11.8 Å². The molecular weight excluding hydrogens is 199 g/mol. The molecule has 0 aromatic heterocycles. The van der Waals surface area contributed by atoms with Crippen LogP contribution in [0.5, 0.6) is 0 Å². The molecular formula is C10H11O3P. The third-order valence-electron chi connectivity index (χ3n) is 1.57. The fourth-order valence-corrected chi connectivity index (χ4v) is 1.24. The topological polar surface area (TPSA) is 46.5 Å². The summed E-state index contributed by atoms with van der Waals surface area (Å²) in [5, 5.41) is 0. The van der Waals surface area contributed by atoms with E-state index in [0.29, 0.717) is 0 Å². The van der Waals surface area contributed by atoms with Crippen LogP contribution < -0.4 is 0 Å². The Hall–Kier alpha value is -1.07. The summed E-state index contributed by atoms with van der Waals surface area (Å²) in [6.07, 6.45) is -0.140. The van der Waals surface area contributed by atoms with Gasteiger partial charge in [-0.2, -0.15) is 0 Å². The van der Waals surface area contributed by atoms with Crippen LogP contribution in [0.4, 0.5) is 0 Å². The van der Waals surface area contributed by atoms with E-state index in [-0.39, 0.29) is 6.16 Å². The smallest absolute Gasteiger partial charge is 0.324 e. The summed E-state index contributed by atoms with van der Waals surface area (Å²) >= 11 is 0. The second-order valence-electron chi connectivity index (χ2n) is 2.65. The van der Waals surface area contributed by atoms with Gasteiger partial charge in [0.2, 0.25) is 0 Å². The van der Waals surface area contributed by atoms with Crippen LogP contribution >= 0.6 is 7.60 Å². The highest BCUT2D eigenvalue weighted by atomic mass is 31.2. The molecule has 0 radical (unpaired) electrons. The number of hydrogen-bond acceptors (Lipinski definition) is 2. The van der Waals surface area contributed by atoms with Crippen LogP contribution in [0.2, 0.25) is 0 Å². The molecule has 14 heavy (non-hydrogen) atoms. The summed E-state index contributed by atoms with van der Waals surface area (Å²) < 4.78 is 15.4. The maximum Gasteiger partial charge on any atom is 0.339 e. The highest BCUT2D eigenvalue weighted by Crippen LogP contribution is 2.39. The van der Waals surface area contributed by atoms with Gasteiger partial charge in [-0.15, -0.1) is 0 Å². The van der Waals surface area contributed by atoms with E-state index in [9.17, 15) is 4.57 Å². The Bertz CT molecular complexity index is 389. The molecule has 0 fully saturated rings. The Morgan fingerprint density at radius 1 is 1.43 bits per heavy atom. The van der Waals surface area contributed by atoms with Gasteiger partial charge in [0.1, 0.15) is 6.16 Å². The first-order chi connectivity index (χ1) is 6.64. The lowest BCUT2D eigenvalue weighted by Crippen LogP contribution is -1.87. The highest BCUT2D eigenvalue weighted by molar-refractivity contribution is 7.53.